The van der Waals surface area contributed by atoms with Crippen molar-refractivity contribution >= 4 is 21.4 Å². The van der Waals surface area contributed by atoms with Crippen molar-refractivity contribution in [3.8, 4) is 0 Å². The first-order chi connectivity index (χ1) is 8.87. The average molecular weight is 306 g/mol. The molecular weight excluding hydrogens is 289 g/mol. The van der Waals surface area contributed by atoms with Crippen molar-refractivity contribution in [2.75, 3.05) is 7.05 Å². The van der Waals surface area contributed by atoms with Crippen LogP contribution in [-0.2, 0) is 9.84 Å². The van der Waals surface area contributed by atoms with Crippen LogP contribution in [0.25, 0.3) is 0 Å². The Bertz CT molecular complexity index is 576. The van der Waals surface area contributed by atoms with E-state index in [4.69, 9.17) is 11.6 Å². The quantitative estimate of drug-likeness (QED) is 0.873. The third kappa shape index (κ3) is 2.64. The molecule has 2 rings (SSSR count). The Morgan fingerprint density at radius 3 is 2.58 bits per heavy atom. The van der Waals surface area contributed by atoms with E-state index < -0.39 is 20.9 Å². The van der Waals surface area contributed by atoms with Crippen molar-refractivity contribution in [2.45, 2.75) is 36.0 Å². The smallest absolute Gasteiger partial charge is 0.181 e. The van der Waals surface area contributed by atoms with Gasteiger partial charge in [-0.2, -0.15) is 0 Å². The number of hydrogen-bond donors (Lipinski definition) is 1. The van der Waals surface area contributed by atoms with Crippen LogP contribution < -0.4 is 5.32 Å². The second-order valence-corrected chi connectivity index (χ2v) is 7.57. The molecular formula is C13H17ClFNO2S. The molecule has 3 unspecified atom stereocenters. The van der Waals surface area contributed by atoms with Gasteiger partial charge in [0.15, 0.2) is 9.84 Å². The van der Waals surface area contributed by atoms with Crippen LogP contribution in [0, 0.1) is 11.7 Å². The van der Waals surface area contributed by atoms with E-state index in [0.29, 0.717) is 6.42 Å². The second-order valence-electron chi connectivity index (χ2n) is 4.99. The summed E-state index contributed by atoms with van der Waals surface area (Å²) in [5.74, 6) is -0.577. The van der Waals surface area contributed by atoms with Crippen molar-refractivity contribution in [3.05, 3.63) is 29.0 Å². The molecule has 0 bridgehead atoms. The number of halogens is 2. The van der Waals surface area contributed by atoms with Crippen LogP contribution in [0.2, 0.25) is 5.02 Å². The summed E-state index contributed by atoms with van der Waals surface area (Å²) in [6.45, 7) is 1.93. The molecule has 6 heteroatoms. The van der Waals surface area contributed by atoms with Crippen molar-refractivity contribution in [1.29, 1.82) is 0 Å². The minimum Gasteiger partial charge on any atom is -0.317 e. The van der Waals surface area contributed by atoms with Crippen LogP contribution in [0.3, 0.4) is 0 Å². The van der Waals surface area contributed by atoms with Gasteiger partial charge in [0.25, 0.3) is 0 Å². The highest BCUT2D eigenvalue weighted by atomic mass is 35.5. The standard InChI is InChI=1S/C13H17ClFNO2S/c1-8-12(16-2)5-6-13(8)19(17,18)9-3-4-11(15)10(14)7-9/h3-4,7-8,12-13,16H,5-6H2,1-2H3. The molecule has 1 saturated carbocycles. The van der Waals surface area contributed by atoms with Gasteiger partial charge in [-0.15, -0.1) is 0 Å². The maximum absolute atomic E-state index is 13.1. The van der Waals surface area contributed by atoms with Gasteiger partial charge in [-0.1, -0.05) is 18.5 Å². The van der Waals surface area contributed by atoms with Gasteiger partial charge >= 0.3 is 0 Å². The van der Waals surface area contributed by atoms with Gasteiger partial charge in [-0.25, -0.2) is 12.8 Å². The molecule has 3 nitrogen and oxygen atoms in total. The monoisotopic (exact) mass is 305 g/mol. The number of rotatable bonds is 3. The van der Waals surface area contributed by atoms with E-state index in [-0.39, 0.29) is 21.9 Å². The van der Waals surface area contributed by atoms with E-state index in [0.717, 1.165) is 12.5 Å². The second kappa shape index (κ2) is 5.38. The first-order valence-electron chi connectivity index (χ1n) is 6.24. The molecule has 1 N–H and O–H groups in total. The molecule has 0 saturated heterocycles. The molecule has 19 heavy (non-hydrogen) atoms. The number of hydrogen-bond acceptors (Lipinski definition) is 3. The Balaban J connectivity index is 2.35. The first kappa shape index (κ1) is 14.8. The molecule has 0 aromatic heterocycles. The number of nitrogens with one attached hydrogen (secondary N) is 1. The van der Waals surface area contributed by atoms with Crippen LogP contribution in [-0.4, -0.2) is 26.8 Å². The molecule has 1 aliphatic rings. The van der Waals surface area contributed by atoms with Gasteiger partial charge in [0.2, 0.25) is 0 Å². The molecule has 0 aliphatic heterocycles. The lowest BCUT2D eigenvalue weighted by molar-refractivity contribution is 0.453. The lowest BCUT2D eigenvalue weighted by Crippen LogP contribution is -2.34. The summed E-state index contributed by atoms with van der Waals surface area (Å²) in [5.41, 5.74) is 0. The Hall–Kier alpha value is -0.650. The zero-order valence-electron chi connectivity index (χ0n) is 10.9. The summed E-state index contributed by atoms with van der Waals surface area (Å²) in [6, 6.07) is 3.79. The molecule has 106 valence electrons. The summed E-state index contributed by atoms with van der Waals surface area (Å²) in [4.78, 5) is 0.104. The van der Waals surface area contributed by atoms with Crippen LogP contribution in [0.1, 0.15) is 19.8 Å². The largest absolute Gasteiger partial charge is 0.317 e. The third-order valence-electron chi connectivity index (χ3n) is 3.97. The van der Waals surface area contributed by atoms with Gasteiger partial charge in [0.1, 0.15) is 5.82 Å². The molecule has 1 aromatic carbocycles. The SMILES string of the molecule is CNC1CCC(S(=O)(=O)c2ccc(F)c(Cl)c2)C1C. The Morgan fingerprint density at radius 2 is 2.05 bits per heavy atom. The van der Waals surface area contributed by atoms with Gasteiger partial charge < -0.3 is 5.32 Å². The summed E-state index contributed by atoms with van der Waals surface area (Å²) in [7, 11) is -1.62. The van der Waals surface area contributed by atoms with Crippen LogP contribution in [0.15, 0.2) is 23.1 Å². The fourth-order valence-electron chi connectivity index (χ4n) is 2.80. The molecule has 0 radical (unpaired) electrons. The summed E-state index contributed by atoms with van der Waals surface area (Å²) in [5, 5.41) is 2.54. The molecule has 3 atom stereocenters. The fraction of sp³-hybridized carbons (Fsp3) is 0.538. The van der Waals surface area contributed by atoms with E-state index in [2.05, 4.69) is 5.32 Å². The lowest BCUT2D eigenvalue weighted by atomic mass is 10.1. The zero-order valence-corrected chi connectivity index (χ0v) is 12.4. The summed E-state index contributed by atoms with van der Waals surface area (Å²) in [6.07, 6.45) is 1.44. The van der Waals surface area contributed by atoms with Gasteiger partial charge in [0.05, 0.1) is 15.2 Å². The van der Waals surface area contributed by atoms with Crippen LogP contribution in [0.5, 0.6) is 0 Å². The summed E-state index contributed by atoms with van der Waals surface area (Å²) >= 11 is 5.67. The normalized spacial score (nSPS) is 27.7. The number of sulfone groups is 1. The van der Waals surface area contributed by atoms with Crippen LogP contribution in [0.4, 0.5) is 4.39 Å². The van der Waals surface area contributed by atoms with Crippen molar-refractivity contribution in [3.63, 3.8) is 0 Å². The fourth-order valence-corrected chi connectivity index (χ4v) is 5.14. The Kier molecular flexibility index (Phi) is 4.18. The minimum absolute atomic E-state index is 0.0267. The van der Waals surface area contributed by atoms with E-state index in [9.17, 15) is 12.8 Å². The zero-order chi connectivity index (χ0) is 14.2. The van der Waals surface area contributed by atoms with Gasteiger partial charge in [-0.3, -0.25) is 0 Å². The third-order valence-corrected chi connectivity index (χ3v) is 6.64. The van der Waals surface area contributed by atoms with Crippen molar-refractivity contribution in [1.82, 2.24) is 5.32 Å². The predicted octanol–water partition coefficient (Wildman–Crippen LogP) is 2.64. The maximum atomic E-state index is 13.1. The predicted molar refractivity (Wildman–Crippen MR) is 73.6 cm³/mol. The van der Waals surface area contributed by atoms with Gasteiger partial charge in [0, 0.05) is 6.04 Å². The van der Waals surface area contributed by atoms with Crippen LogP contribution >= 0.6 is 11.6 Å². The molecule has 0 spiro atoms. The lowest BCUT2D eigenvalue weighted by Gasteiger charge is -2.20. The van der Waals surface area contributed by atoms with E-state index >= 15 is 0 Å². The highest BCUT2D eigenvalue weighted by molar-refractivity contribution is 7.92. The summed E-state index contributed by atoms with van der Waals surface area (Å²) < 4.78 is 38.2. The minimum atomic E-state index is -3.46. The molecule has 0 heterocycles. The Morgan fingerprint density at radius 1 is 1.37 bits per heavy atom. The highest BCUT2D eigenvalue weighted by Crippen LogP contribution is 2.35. The first-order valence-corrected chi connectivity index (χ1v) is 8.16. The van der Waals surface area contributed by atoms with E-state index in [1.54, 1.807) is 0 Å². The van der Waals surface area contributed by atoms with E-state index in [1.165, 1.54) is 12.1 Å². The van der Waals surface area contributed by atoms with E-state index in [1.807, 2.05) is 14.0 Å². The molecule has 1 fully saturated rings. The molecule has 1 aromatic rings. The Labute approximate surface area is 118 Å². The topological polar surface area (TPSA) is 46.2 Å². The molecule has 1 aliphatic carbocycles. The molecule has 0 amide bonds. The maximum Gasteiger partial charge on any atom is 0.181 e. The van der Waals surface area contributed by atoms with Crippen molar-refractivity contribution in [2.24, 2.45) is 5.92 Å². The van der Waals surface area contributed by atoms with Crippen molar-refractivity contribution < 1.29 is 12.8 Å². The average Bonchev–Trinajstić information content (AvgIpc) is 2.74. The number of benzene rings is 1. The van der Waals surface area contributed by atoms with Gasteiger partial charge in [-0.05, 0) is 44.0 Å². The highest BCUT2D eigenvalue weighted by Gasteiger charge is 2.41.